The van der Waals surface area contributed by atoms with E-state index >= 15 is 0 Å². The standard InChI is InChI=1S/C29H34FN3O2/c1-20(2)16-28(34)31-26-14-15-27(32(4)5)24(18-26)19-33(21(3)22-10-7-6-8-11-22)29(35)23-12-9-13-25(30)17-23/h6-15,17-18,20-21H,16,19H2,1-5H3,(H,31,34). The topological polar surface area (TPSA) is 52.7 Å². The largest absolute Gasteiger partial charge is 0.377 e. The van der Waals surface area contributed by atoms with Crippen LogP contribution in [0, 0.1) is 11.7 Å². The van der Waals surface area contributed by atoms with Crippen LogP contribution < -0.4 is 10.2 Å². The van der Waals surface area contributed by atoms with E-state index in [1.54, 1.807) is 17.0 Å². The van der Waals surface area contributed by atoms with Crippen molar-refractivity contribution in [2.24, 2.45) is 5.92 Å². The zero-order valence-corrected chi connectivity index (χ0v) is 21.1. The second kappa shape index (κ2) is 11.6. The van der Waals surface area contributed by atoms with Crippen molar-refractivity contribution in [1.29, 1.82) is 0 Å². The Labute approximate surface area is 207 Å². The van der Waals surface area contributed by atoms with E-state index in [-0.39, 0.29) is 30.3 Å². The minimum absolute atomic E-state index is 0.0473. The van der Waals surface area contributed by atoms with Gasteiger partial charge in [0.1, 0.15) is 5.82 Å². The Morgan fingerprint density at radius 2 is 1.63 bits per heavy atom. The smallest absolute Gasteiger partial charge is 0.254 e. The fourth-order valence-corrected chi connectivity index (χ4v) is 4.08. The van der Waals surface area contributed by atoms with Gasteiger partial charge in [0.25, 0.3) is 5.91 Å². The molecule has 35 heavy (non-hydrogen) atoms. The average Bonchev–Trinajstić information content (AvgIpc) is 2.81. The highest BCUT2D eigenvalue weighted by Crippen LogP contribution is 2.30. The maximum Gasteiger partial charge on any atom is 0.254 e. The van der Waals surface area contributed by atoms with Gasteiger partial charge < -0.3 is 15.1 Å². The van der Waals surface area contributed by atoms with E-state index in [1.165, 1.54) is 12.1 Å². The van der Waals surface area contributed by atoms with Gasteiger partial charge in [0.05, 0.1) is 6.04 Å². The second-order valence-corrected chi connectivity index (χ2v) is 9.41. The predicted molar refractivity (Wildman–Crippen MR) is 140 cm³/mol. The molecule has 6 heteroatoms. The summed E-state index contributed by atoms with van der Waals surface area (Å²) in [5.41, 5.74) is 3.77. The zero-order chi connectivity index (χ0) is 25.5. The van der Waals surface area contributed by atoms with Gasteiger partial charge in [-0.05, 0) is 60.4 Å². The van der Waals surface area contributed by atoms with Gasteiger partial charge in [-0.2, -0.15) is 0 Å². The van der Waals surface area contributed by atoms with Crippen LogP contribution in [0.4, 0.5) is 15.8 Å². The van der Waals surface area contributed by atoms with Crippen LogP contribution in [0.1, 0.15) is 54.7 Å². The second-order valence-electron chi connectivity index (χ2n) is 9.41. The van der Waals surface area contributed by atoms with Gasteiger partial charge in [-0.15, -0.1) is 0 Å². The van der Waals surface area contributed by atoms with Crippen LogP contribution in [0.15, 0.2) is 72.8 Å². The van der Waals surface area contributed by atoms with Crippen LogP contribution >= 0.6 is 0 Å². The summed E-state index contributed by atoms with van der Waals surface area (Å²) in [5, 5.41) is 2.97. The molecule has 1 unspecified atom stereocenters. The molecule has 3 aromatic carbocycles. The molecule has 0 heterocycles. The van der Waals surface area contributed by atoms with E-state index in [1.807, 2.05) is 88.3 Å². The number of carbonyl (C=O) groups is 2. The summed E-state index contributed by atoms with van der Waals surface area (Å²) >= 11 is 0. The third-order valence-electron chi connectivity index (χ3n) is 5.86. The normalized spacial score (nSPS) is 11.7. The number of rotatable bonds is 9. The van der Waals surface area contributed by atoms with E-state index in [2.05, 4.69) is 5.32 Å². The van der Waals surface area contributed by atoms with Crippen molar-refractivity contribution >= 4 is 23.2 Å². The van der Waals surface area contributed by atoms with Gasteiger partial charge in [0, 0.05) is 44.0 Å². The lowest BCUT2D eigenvalue weighted by Gasteiger charge is -2.32. The highest BCUT2D eigenvalue weighted by atomic mass is 19.1. The summed E-state index contributed by atoms with van der Waals surface area (Å²) in [7, 11) is 3.88. The molecule has 0 spiro atoms. The number of anilines is 2. The predicted octanol–water partition coefficient (Wildman–Crippen LogP) is 6.28. The highest BCUT2D eigenvalue weighted by molar-refractivity contribution is 5.95. The van der Waals surface area contributed by atoms with Crippen molar-refractivity contribution in [2.45, 2.75) is 39.8 Å². The van der Waals surface area contributed by atoms with Crippen LogP contribution in [0.25, 0.3) is 0 Å². The molecule has 0 fully saturated rings. The molecule has 0 saturated heterocycles. The fourth-order valence-electron chi connectivity index (χ4n) is 4.08. The first kappa shape index (κ1) is 25.9. The van der Waals surface area contributed by atoms with E-state index in [4.69, 9.17) is 0 Å². The van der Waals surface area contributed by atoms with Crippen molar-refractivity contribution in [3.63, 3.8) is 0 Å². The number of halogens is 1. The van der Waals surface area contributed by atoms with E-state index in [0.717, 1.165) is 16.8 Å². The third-order valence-corrected chi connectivity index (χ3v) is 5.86. The molecular formula is C29H34FN3O2. The first-order valence-corrected chi connectivity index (χ1v) is 11.9. The van der Waals surface area contributed by atoms with Crippen molar-refractivity contribution < 1.29 is 14.0 Å². The van der Waals surface area contributed by atoms with Gasteiger partial charge in [0.15, 0.2) is 0 Å². The van der Waals surface area contributed by atoms with Gasteiger partial charge in [-0.1, -0.05) is 50.2 Å². The number of hydrogen-bond acceptors (Lipinski definition) is 3. The maximum atomic E-state index is 14.0. The first-order valence-electron chi connectivity index (χ1n) is 11.9. The van der Waals surface area contributed by atoms with Crippen LogP contribution in [0.3, 0.4) is 0 Å². The van der Waals surface area contributed by atoms with Crippen LogP contribution in [-0.4, -0.2) is 30.8 Å². The molecule has 3 aromatic rings. The average molecular weight is 476 g/mol. The number of amides is 2. The minimum atomic E-state index is -0.452. The highest BCUT2D eigenvalue weighted by Gasteiger charge is 2.25. The molecule has 1 N–H and O–H groups in total. The summed E-state index contributed by atoms with van der Waals surface area (Å²) in [4.78, 5) is 29.8. The Morgan fingerprint density at radius 3 is 2.26 bits per heavy atom. The zero-order valence-electron chi connectivity index (χ0n) is 21.1. The lowest BCUT2D eigenvalue weighted by atomic mass is 10.0. The summed E-state index contributed by atoms with van der Waals surface area (Å²) < 4.78 is 14.0. The molecule has 0 aromatic heterocycles. The minimum Gasteiger partial charge on any atom is -0.377 e. The monoisotopic (exact) mass is 475 g/mol. The van der Waals surface area contributed by atoms with Crippen LogP contribution in [0.2, 0.25) is 0 Å². The Morgan fingerprint density at radius 1 is 0.914 bits per heavy atom. The first-order chi connectivity index (χ1) is 16.7. The summed E-state index contributed by atoms with van der Waals surface area (Å²) in [6.07, 6.45) is 0.431. The van der Waals surface area contributed by atoms with Crippen molar-refractivity contribution in [3.05, 3.63) is 95.3 Å². The van der Waals surface area contributed by atoms with E-state index < -0.39 is 5.82 Å². The Kier molecular flexibility index (Phi) is 8.63. The van der Waals surface area contributed by atoms with Gasteiger partial charge in [-0.3, -0.25) is 9.59 Å². The molecule has 1 atom stereocenters. The molecule has 0 aliphatic carbocycles. The Balaban J connectivity index is 2.01. The van der Waals surface area contributed by atoms with Crippen LogP contribution in [-0.2, 0) is 11.3 Å². The number of benzene rings is 3. The van der Waals surface area contributed by atoms with Crippen molar-refractivity contribution in [1.82, 2.24) is 4.90 Å². The lowest BCUT2D eigenvalue weighted by Crippen LogP contribution is -2.34. The molecule has 2 amide bonds. The molecule has 5 nitrogen and oxygen atoms in total. The van der Waals surface area contributed by atoms with Gasteiger partial charge in [0.2, 0.25) is 5.91 Å². The van der Waals surface area contributed by atoms with Gasteiger partial charge >= 0.3 is 0 Å². The van der Waals surface area contributed by atoms with E-state index in [0.29, 0.717) is 17.7 Å². The SMILES string of the molecule is CC(C)CC(=O)Nc1ccc(N(C)C)c(CN(C(=O)c2cccc(F)c2)C(C)c2ccccc2)c1. The molecule has 0 radical (unpaired) electrons. The Hall–Kier alpha value is -3.67. The van der Waals surface area contributed by atoms with Crippen LogP contribution in [0.5, 0.6) is 0 Å². The molecular weight excluding hydrogens is 441 g/mol. The third kappa shape index (κ3) is 6.92. The van der Waals surface area contributed by atoms with Crippen molar-refractivity contribution in [3.8, 4) is 0 Å². The van der Waals surface area contributed by atoms with Crippen molar-refractivity contribution in [2.75, 3.05) is 24.3 Å². The number of carbonyl (C=O) groups excluding carboxylic acids is 2. The fraction of sp³-hybridized carbons (Fsp3) is 0.310. The number of nitrogens with one attached hydrogen (secondary N) is 1. The summed E-state index contributed by atoms with van der Waals surface area (Å²) in [5.74, 6) is -0.512. The van der Waals surface area contributed by atoms with E-state index in [9.17, 15) is 14.0 Å². The number of nitrogens with zero attached hydrogens (tertiary/aromatic N) is 2. The molecule has 0 bridgehead atoms. The summed E-state index contributed by atoms with van der Waals surface area (Å²) in [6, 6.07) is 21.0. The molecule has 3 rings (SSSR count). The lowest BCUT2D eigenvalue weighted by molar-refractivity contribution is -0.116. The number of hydrogen-bond donors (Lipinski definition) is 1. The molecule has 0 saturated carbocycles. The molecule has 184 valence electrons. The van der Waals surface area contributed by atoms with Gasteiger partial charge in [-0.25, -0.2) is 4.39 Å². The quantitative estimate of drug-likeness (QED) is 0.396. The Bertz CT molecular complexity index is 1160. The maximum absolute atomic E-state index is 14.0. The summed E-state index contributed by atoms with van der Waals surface area (Å²) in [6.45, 7) is 6.25. The molecule has 0 aliphatic heterocycles. The molecule has 0 aliphatic rings.